The first-order valence-corrected chi connectivity index (χ1v) is 10.2. The van der Waals surface area contributed by atoms with Crippen LogP contribution in [-0.4, -0.2) is 53.0 Å². The number of carbonyl (C=O) groups is 3. The summed E-state index contributed by atoms with van der Waals surface area (Å²) in [5, 5.41) is 12.4. The van der Waals surface area contributed by atoms with Crippen LogP contribution in [0.4, 0.5) is 5.69 Å². The molecule has 0 spiro atoms. The van der Waals surface area contributed by atoms with E-state index in [9.17, 15) is 14.4 Å². The summed E-state index contributed by atoms with van der Waals surface area (Å²) >= 11 is 0. The number of hydrogen-bond acceptors (Lipinski definition) is 5. The lowest BCUT2D eigenvalue weighted by Crippen LogP contribution is -2.48. The molecule has 2 aliphatic heterocycles. The molecule has 0 aromatic heterocycles. The molecule has 0 aliphatic carbocycles. The number of carboxylic acid groups (broad SMARTS) is 1. The number of nitrogens with one attached hydrogen (secondary N) is 1. The van der Waals surface area contributed by atoms with Gasteiger partial charge in [-0.05, 0) is 55.8 Å². The van der Waals surface area contributed by atoms with Crippen LogP contribution in [0.1, 0.15) is 35.2 Å². The Kier molecular flexibility index (Phi) is 5.92. The van der Waals surface area contributed by atoms with Crippen molar-refractivity contribution >= 4 is 23.5 Å². The predicted octanol–water partition coefficient (Wildman–Crippen LogP) is 2.27. The zero-order valence-corrected chi connectivity index (χ0v) is 16.7. The van der Waals surface area contributed by atoms with Crippen LogP contribution in [0, 0.1) is 0 Å². The number of anilines is 1. The lowest BCUT2D eigenvalue weighted by molar-refractivity contribution is -0.121. The van der Waals surface area contributed by atoms with Crippen molar-refractivity contribution in [3.8, 4) is 0 Å². The van der Waals surface area contributed by atoms with Gasteiger partial charge in [-0.3, -0.25) is 14.5 Å². The SMILES string of the molecule is O=C(O)c1ccc(N2C(=O)C[C@H](NC3CCN(Cc4ccccc4)CC3)C2=O)cc1. The van der Waals surface area contributed by atoms with E-state index in [-0.39, 0.29) is 29.8 Å². The van der Waals surface area contributed by atoms with Gasteiger partial charge in [-0.15, -0.1) is 0 Å². The van der Waals surface area contributed by atoms with Gasteiger partial charge < -0.3 is 10.4 Å². The van der Waals surface area contributed by atoms with Gasteiger partial charge >= 0.3 is 5.97 Å². The van der Waals surface area contributed by atoms with Gasteiger partial charge in [0.1, 0.15) is 0 Å². The second-order valence-electron chi connectivity index (χ2n) is 7.88. The van der Waals surface area contributed by atoms with Gasteiger partial charge in [0.15, 0.2) is 0 Å². The molecule has 2 saturated heterocycles. The molecule has 4 rings (SSSR count). The fourth-order valence-corrected chi connectivity index (χ4v) is 4.17. The van der Waals surface area contributed by atoms with Crippen molar-refractivity contribution < 1.29 is 19.5 Å². The smallest absolute Gasteiger partial charge is 0.335 e. The van der Waals surface area contributed by atoms with Gasteiger partial charge in [0.2, 0.25) is 5.91 Å². The van der Waals surface area contributed by atoms with Crippen molar-refractivity contribution in [2.45, 2.75) is 37.9 Å². The third-order valence-corrected chi connectivity index (χ3v) is 5.79. The first kappa shape index (κ1) is 20.3. The van der Waals surface area contributed by atoms with E-state index in [2.05, 4.69) is 22.3 Å². The standard InChI is InChI=1S/C23H25N3O4/c27-21-14-20(22(28)26(21)19-8-6-17(7-9-19)23(29)30)24-18-10-12-25(13-11-18)15-16-4-2-1-3-5-16/h1-9,18,20,24H,10-15H2,(H,29,30)/t20-/m0/s1. The third-order valence-electron chi connectivity index (χ3n) is 5.79. The van der Waals surface area contributed by atoms with Crippen LogP contribution < -0.4 is 10.2 Å². The first-order chi connectivity index (χ1) is 14.5. The number of rotatable bonds is 6. The minimum Gasteiger partial charge on any atom is -0.478 e. The molecular formula is C23H25N3O4. The Morgan fingerprint density at radius 2 is 1.67 bits per heavy atom. The highest BCUT2D eigenvalue weighted by molar-refractivity contribution is 6.22. The summed E-state index contributed by atoms with van der Waals surface area (Å²) < 4.78 is 0. The van der Waals surface area contributed by atoms with Crippen LogP contribution in [0.25, 0.3) is 0 Å². The van der Waals surface area contributed by atoms with Gasteiger partial charge in [-0.2, -0.15) is 0 Å². The van der Waals surface area contributed by atoms with E-state index in [4.69, 9.17) is 5.11 Å². The molecule has 0 unspecified atom stereocenters. The van der Waals surface area contributed by atoms with Crippen molar-refractivity contribution in [2.24, 2.45) is 0 Å². The van der Waals surface area contributed by atoms with Crippen molar-refractivity contribution in [3.63, 3.8) is 0 Å². The molecule has 2 aromatic rings. The quantitative estimate of drug-likeness (QED) is 0.714. The molecule has 7 heteroatoms. The fourth-order valence-electron chi connectivity index (χ4n) is 4.17. The summed E-state index contributed by atoms with van der Waals surface area (Å²) in [4.78, 5) is 39.9. The number of likely N-dealkylation sites (tertiary alicyclic amines) is 1. The summed E-state index contributed by atoms with van der Waals surface area (Å²) in [5.41, 5.74) is 1.83. The zero-order chi connectivity index (χ0) is 21.1. The fraction of sp³-hybridized carbons (Fsp3) is 0.348. The van der Waals surface area contributed by atoms with Crippen LogP contribution in [-0.2, 0) is 16.1 Å². The number of nitrogens with zero attached hydrogens (tertiary/aromatic N) is 2. The normalized spacial score (nSPS) is 20.7. The second-order valence-corrected chi connectivity index (χ2v) is 7.88. The van der Waals surface area contributed by atoms with Crippen LogP contribution >= 0.6 is 0 Å². The van der Waals surface area contributed by atoms with Crippen molar-refractivity contribution in [1.29, 1.82) is 0 Å². The molecule has 0 bridgehead atoms. The maximum Gasteiger partial charge on any atom is 0.335 e. The minimum absolute atomic E-state index is 0.120. The topological polar surface area (TPSA) is 89.9 Å². The Hall–Kier alpha value is -3.03. The lowest BCUT2D eigenvalue weighted by Gasteiger charge is -2.33. The van der Waals surface area contributed by atoms with Gasteiger partial charge in [-0.25, -0.2) is 9.69 Å². The molecular weight excluding hydrogens is 382 g/mol. The third kappa shape index (κ3) is 4.42. The molecule has 2 amide bonds. The molecule has 2 heterocycles. The number of aromatic carboxylic acids is 1. The number of imide groups is 1. The number of hydrogen-bond donors (Lipinski definition) is 2. The number of benzene rings is 2. The maximum absolute atomic E-state index is 12.8. The van der Waals surface area contributed by atoms with E-state index in [1.807, 2.05) is 18.2 Å². The highest BCUT2D eigenvalue weighted by atomic mass is 16.4. The molecule has 7 nitrogen and oxygen atoms in total. The van der Waals surface area contributed by atoms with E-state index in [1.165, 1.54) is 29.8 Å². The van der Waals surface area contributed by atoms with Crippen LogP contribution in [0.2, 0.25) is 0 Å². The largest absolute Gasteiger partial charge is 0.478 e. The van der Waals surface area contributed by atoms with E-state index in [0.717, 1.165) is 37.4 Å². The van der Waals surface area contributed by atoms with Crippen molar-refractivity contribution in [2.75, 3.05) is 18.0 Å². The average molecular weight is 407 g/mol. The van der Waals surface area contributed by atoms with E-state index in [1.54, 1.807) is 0 Å². The molecule has 2 aliphatic rings. The number of carboxylic acids is 1. The molecule has 2 aromatic carbocycles. The van der Waals surface area contributed by atoms with Crippen LogP contribution in [0.3, 0.4) is 0 Å². The molecule has 2 N–H and O–H groups in total. The lowest BCUT2D eigenvalue weighted by atomic mass is 10.0. The molecule has 2 fully saturated rings. The molecule has 30 heavy (non-hydrogen) atoms. The zero-order valence-electron chi connectivity index (χ0n) is 16.7. The molecule has 0 radical (unpaired) electrons. The van der Waals surface area contributed by atoms with E-state index in [0.29, 0.717) is 5.69 Å². The maximum atomic E-state index is 12.8. The van der Waals surface area contributed by atoms with Gasteiger partial charge in [0, 0.05) is 12.6 Å². The molecule has 0 saturated carbocycles. The molecule has 156 valence electrons. The van der Waals surface area contributed by atoms with Gasteiger partial charge in [0.05, 0.1) is 23.7 Å². The summed E-state index contributed by atoms with van der Waals surface area (Å²) in [6.07, 6.45) is 1.99. The Morgan fingerprint density at radius 1 is 1.00 bits per heavy atom. The van der Waals surface area contributed by atoms with E-state index < -0.39 is 12.0 Å². The summed E-state index contributed by atoms with van der Waals surface area (Å²) in [6.45, 7) is 2.82. The van der Waals surface area contributed by atoms with Crippen molar-refractivity contribution in [3.05, 3.63) is 65.7 Å². The Bertz CT molecular complexity index is 921. The van der Waals surface area contributed by atoms with Gasteiger partial charge in [-0.1, -0.05) is 30.3 Å². The summed E-state index contributed by atoms with van der Waals surface area (Å²) in [6, 6.07) is 15.9. The average Bonchev–Trinajstić information content (AvgIpc) is 3.03. The Balaban J connectivity index is 1.32. The summed E-state index contributed by atoms with van der Waals surface area (Å²) in [7, 11) is 0. The van der Waals surface area contributed by atoms with E-state index >= 15 is 0 Å². The number of carbonyl (C=O) groups excluding carboxylic acids is 2. The van der Waals surface area contributed by atoms with Crippen LogP contribution in [0.15, 0.2) is 54.6 Å². The Labute approximate surface area is 175 Å². The highest BCUT2D eigenvalue weighted by Gasteiger charge is 2.40. The Morgan fingerprint density at radius 3 is 2.30 bits per heavy atom. The van der Waals surface area contributed by atoms with Gasteiger partial charge in [0.25, 0.3) is 5.91 Å². The first-order valence-electron chi connectivity index (χ1n) is 10.2. The van der Waals surface area contributed by atoms with Crippen molar-refractivity contribution in [1.82, 2.24) is 10.2 Å². The molecule has 1 atom stereocenters. The number of amides is 2. The second kappa shape index (κ2) is 8.77. The predicted molar refractivity (Wildman–Crippen MR) is 112 cm³/mol. The monoisotopic (exact) mass is 407 g/mol. The minimum atomic E-state index is -1.04. The van der Waals surface area contributed by atoms with Crippen LogP contribution in [0.5, 0.6) is 0 Å². The summed E-state index contributed by atoms with van der Waals surface area (Å²) in [5.74, 6) is -1.57. The highest BCUT2D eigenvalue weighted by Crippen LogP contribution is 2.24. The number of piperidine rings is 1.